The molecule has 0 atom stereocenters. The monoisotopic (exact) mass is 268 g/mol. The maximum Gasteiger partial charge on any atom is 0.337 e. The van der Waals surface area contributed by atoms with Crippen molar-refractivity contribution in [2.24, 2.45) is 0 Å². The molecule has 0 aliphatic carbocycles. The van der Waals surface area contributed by atoms with Gasteiger partial charge in [-0.2, -0.15) is 5.26 Å². The van der Waals surface area contributed by atoms with E-state index in [2.05, 4.69) is 11.1 Å². The molecule has 0 unspecified atom stereocenters. The second kappa shape index (κ2) is 5.28. The molecule has 6 nitrogen and oxygen atoms in total. The molecule has 0 aliphatic rings. The maximum atomic E-state index is 11.1. The fourth-order valence-corrected chi connectivity index (χ4v) is 1.89. The molecule has 100 valence electrons. The third kappa shape index (κ3) is 2.24. The van der Waals surface area contributed by atoms with Crippen LogP contribution in [0.1, 0.15) is 15.9 Å². The Balaban J connectivity index is 2.55. The first-order valence-corrected chi connectivity index (χ1v) is 5.77. The lowest BCUT2D eigenvalue weighted by Gasteiger charge is -2.21. The molecule has 2 aromatic rings. The van der Waals surface area contributed by atoms with Gasteiger partial charge < -0.3 is 15.7 Å². The van der Waals surface area contributed by atoms with Crippen LogP contribution < -0.4 is 10.6 Å². The first-order valence-electron chi connectivity index (χ1n) is 5.77. The van der Waals surface area contributed by atoms with Gasteiger partial charge in [0, 0.05) is 13.2 Å². The number of nitrogens with two attached hydrogens (primary N) is 1. The SMILES string of the molecule is CN(c1ccccc1C#N)c1nccc(C(=O)O)c1N. The number of aromatic carboxylic acids is 1. The molecule has 0 bridgehead atoms. The molecule has 0 spiro atoms. The Morgan fingerprint density at radius 1 is 1.40 bits per heavy atom. The number of benzene rings is 1. The Morgan fingerprint density at radius 2 is 2.10 bits per heavy atom. The van der Waals surface area contributed by atoms with E-state index in [-0.39, 0.29) is 11.3 Å². The van der Waals surface area contributed by atoms with E-state index in [1.807, 2.05) is 0 Å². The number of aromatic nitrogens is 1. The van der Waals surface area contributed by atoms with E-state index in [0.29, 0.717) is 17.1 Å². The largest absolute Gasteiger partial charge is 0.478 e. The number of carboxylic acid groups (broad SMARTS) is 1. The zero-order valence-electron chi connectivity index (χ0n) is 10.7. The Hall–Kier alpha value is -3.07. The average Bonchev–Trinajstić information content (AvgIpc) is 2.46. The Bertz CT molecular complexity index is 707. The van der Waals surface area contributed by atoms with E-state index in [4.69, 9.17) is 16.1 Å². The minimum Gasteiger partial charge on any atom is -0.478 e. The molecule has 1 heterocycles. The second-order valence-corrected chi connectivity index (χ2v) is 4.09. The van der Waals surface area contributed by atoms with Gasteiger partial charge in [0.2, 0.25) is 0 Å². The second-order valence-electron chi connectivity index (χ2n) is 4.09. The van der Waals surface area contributed by atoms with E-state index in [1.54, 1.807) is 36.2 Å². The van der Waals surface area contributed by atoms with Crippen LogP contribution >= 0.6 is 0 Å². The van der Waals surface area contributed by atoms with Gasteiger partial charge in [0.1, 0.15) is 6.07 Å². The number of nitrogen functional groups attached to an aromatic ring is 1. The fraction of sp³-hybridized carbons (Fsp3) is 0.0714. The van der Waals surface area contributed by atoms with Crippen molar-refractivity contribution in [2.45, 2.75) is 0 Å². The lowest BCUT2D eigenvalue weighted by molar-refractivity contribution is 0.0698. The van der Waals surface area contributed by atoms with E-state index in [1.165, 1.54) is 12.3 Å². The topological polar surface area (TPSA) is 103 Å². The first-order chi connectivity index (χ1) is 9.56. The summed E-state index contributed by atoms with van der Waals surface area (Å²) in [5.41, 5.74) is 6.96. The van der Waals surface area contributed by atoms with Crippen molar-refractivity contribution in [3.05, 3.63) is 47.7 Å². The zero-order valence-corrected chi connectivity index (χ0v) is 10.7. The summed E-state index contributed by atoms with van der Waals surface area (Å²) < 4.78 is 0. The van der Waals surface area contributed by atoms with Gasteiger partial charge in [-0.05, 0) is 18.2 Å². The number of nitrogens with zero attached hydrogens (tertiary/aromatic N) is 3. The molecule has 1 aromatic heterocycles. The summed E-state index contributed by atoms with van der Waals surface area (Å²) in [6, 6.07) is 10.4. The van der Waals surface area contributed by atoms with Gasteiger partial charge >= 0.3 is 5.97 Å². The molecule has 3 N–H and O–H groups in total. The van der Waals surface area contributed by atoms with Crippen LogP contribution in [-0.2, 0) is 0 Å². The van der Waals surface area contributed by atoms with Crippen LogP contribution in [0.25, 0.3) is 0 Å². The van der Waals surface area contributed by atoms with Crippen LogP contribution in [-0.4, -0.2) is 23.1 Å². The Morgan fingerprint density at radius 3 is 2.75 bits per heavy atom. The summed E-state index contributed by atoms with van der Waals surface area (Å²) in [4.78, 5) is 16.8. The summed E-state index contributed by atoms with van der Waals surface area (Å²) in [5.74, 6) is -0.819. The van der Waals surface area contributed by atoms with Gasteiger partial charge in [-0.3, -0.25) is 0 Å². The number of anilines is 3. The normalized spacial score (nSPS) is 9.80. The van der Waals surface area contributed by atoms with Gasteiger partial charge in [-0.15, -0.1) is 0 Å². The molecular weight excluding hydrogens is 256 g/mol. The number of pyridine rings is 1. The molecular formula is C14H12N4O2. The fourth-order valence-electron chi connectivity index (χ4n) is 1.89. The van der Waals surface area contributed by atoms with Crippen LogP contribution in [0.5, 0.6) is 0 Å². The summed E-state index contributed by atoms with van der Waals surface area (Å²) in [6.45, 7) is 0. The highest BCUT2D eigenvalue weighted by Gasteiger charge is 2.17. The standard InChI is InChI=1S/C14H12N4O2/c1-18(11-5-3-2-4-9(11)8-15)13-12(16)10(14(19)20)6-7-17-13/h2-7H,16H2,1H3,(H,19,20). The molecule has 0 saturated heterocycles. The van der Waals surface area contributed by atoms with Gasteiger partial charge in [0.25, 0.3) is 0 Å². The van der Waals surface area contributed by atoms with Crippen molar-refractivity contribution in [1.82, 2.24) is 4.98 Å². The number of para-hydroxylation sites is 1. The number of rotatable bonds is 3. The maximum absolute atomic E-state index is 11.1. The quantitative estimate of drug-likeness (QED) is 0.882. The molecule has 0 amide bonds. The van der Waals surface area contributed by atoms with Crippen molar-refractivity contribution in [2.75, 3.05) is 17.7 Å². The number of hydrogen-bond donors (Lipinski definition) is 2. The summed E-state index contributed by atoms with van der Waals surface area (Å²) >= 11 is 0. The lowest BCUT2D eigenvalue weighted by atomic mass is 10.1. The van der Waals surface area contributed by atoms with E-state index >= 15 is 0 Å². The van der Waals surface area contributed by atoms with Crippen molar-refractivity contribution < 1.29 is 9.90 Å². The van der Waals surface area contributed by atoms with Crippen molar-refractivity contribution in [3.8, 4) is 6.07 Å². The van der Waals surface area contributed by atoms with E-state index < -0.39 is 5.97 Å². The number of carboxylic acids is 1. The number of nitriles is 1. The minimum absolute atomic E-state index is 0.0173. The molecule has 2 rings (SSSR count). The first kappa shape index (κ1) is 13.4. The highest BCUT2D eigenvalue weighted by atomic mass is 16.4. The van der Waals surface area contributed by atoms with Gasteiger partial charge in [0.15, 0.2) is 5.82 Å². The van der Waals surface area contributed by atoms with Crippen molar-refractivity contribution >= 4 is 23.2 Å². The lowest BCUT2D eigenvalue weighted by Crippen LogP contribution is -2.16. The van der Waals surface area contributed by atoms with Crippen LogP contribution in [0, 0.1) is 11.3 Å². The molecule has 0 aliphatic heterocycles. The highest BCUT2D eigenvalue weighted by molar-refractivity contribution is 5.97. The predicted molar refractivity (Wildman–Crippen MR) is 74.8 cm³/mol. The molecule has 0 radical (unpaired) electrons. The zero-order chi connectivity index (χ0) is 14.7. The van der Waals surface area contributed by atoms with Crippen molar-refractivity contribution in [1.29, 1.82) is 5.26 Å². The highest BCUT2D eigenvalue weighted by Crippen LogP contribution is 2.30. The number of carbonyl (C=O) groups is 1. The van der Waals surface area contributed by atoms with Gasteiger partial charge in [-0.1, -0.05) is 12.1 Å². The third-order valence-corrected chi connectivity index (χ3v) is 2.90. The summed E-state index contributed by atoms with van der Waals surface area (Å²) in [5, 5.41) is 18.2. The Kier molecular flexibility index (Phi) is 3.53. The molecule has 20 heavy (non-hydrogen) atoms. The third-order valence-electron chi connectivity index (χ3n) is 2.90. The molecule has 6 heteroatoms. The van der Waals surface area contributed by atoms with Crippen LogP contribution in [0.15, 0.2) is 36.5 Å². The predicted octanol–water partition coefficient (Wildman–Crippen LogP) is 2.00. The molecule has 0 saturated carbocycles. The van der Waals surface area contributed by atoms with Crippen molar-refractivity contribution in [3.63, 3.8) is 0 Å². The van der Waals surface area contributed by atoms with Gasteiger partial charge in [0.05, 0.1) is 22.5 Å². The van der Waals surface area contributed by atoms with Crippen LogP contribution in [0.2, 0.25) is 0 Å². The smallest absolute Gasteiger partial charge is 0.337 e. The van der Waals surface area contributed by atoms with E-state index in [9.17, 15) is 4.79 Å². The number of hydrogen-bond acceptors (Lipinski definition) is 5. The average molecular weight is 268 g/mol. The van der Waals surface area contributed by atoms with E-state index in [0.717, 1.165) is 0 Å². The molecule has 1 aromatic carbocycles. The van der Waals surface area contributed by atoms with Crippen LogP contribution in [0.3, 0.4) is 0 Å². The van der Waals surface area contributed by atoms with Crippen LogP contribution in [0.4, 0.5) is 17.2 Å². The minimum atomic E-state index is -1.12. The van der Waals surface area contributed by atoms with Gasteiger partial charge in [-0.25, -0.2) is 9.78 Å². The summed E-state index contributed by atoms with van der Waals surface area (Å²) in [6.07, 6.45) is 1.38. The molecule has 0 fully saturated rings. The summed E-state index contributed by atoms with van der Waals surface area (Å²) in [7, 11) is 1.68. The Labute approximate surface area is 115 Å².